The lowest BCUT2D eigenvalue weighted by Crippen LogP contribution is -2.05. The van der Waals surface area contributed by atoms with Crippen LogP contribution in [0.3, 0.4) is 0 Å². The molecule has 0 radical (unpaired) electrons. The molecule has 0 amide bonds. The number of hydrogen-bond acceptors (Lipinski definition) is 1. The van der Waals surface area contributed by atoms with Crippen LogP contribution in [0.2, 0.25) is 0 Å². The molecule has 1 rings (SSSR count). The molecule has 0 aliphatic rings. The number of benzene rings is 1. The number of aryl methyl sites for hydroxylation is 1. The van der Waals surface area contributed by atoms with Crippen LogP contribution in [0.5, 0.6) is 5.75 Å². The molecule has 0 bridgehead atoms. The zero-order valence-corrected chi connectivity index (χ0v) is 10.5. The lowest BCUT2D eigenvalue weighted by atomic mass is 10.2. The predicted molar refractivity (Wildman–Crippen MR) is 64.2 cm³/mol. The van der Waals surface area contributed by atoms with Crippen LogP contribution in [-0.4, -0.2) is 6.61 Å². The second-order valence-electron chi connectivity index (χ2n) is 3.64. The fraction of sp³-hybridized carbons (Fsp3) is 0.455. The summed E-state index contributed by atoms with van der Waals surface area (Å²) in [6.07, 6.45) is 0. The van der Waals surface area contributed by atoms with Gasteiger partial charge in [-0.15, -0.1) is 0 Å². The van der Waals surface area contributed by atoms with Gasteiger partial charge in [0, 0.05) is 0 Å². The normalized spacial score (nSPS) is 10.5. The van der Waals surface area contributed by atoms with Gasteiger partial charge >= 0.3 is 0 Å². The molecular formula is C11H15IO. The minimum absolute atomic E-state index is 0.581. The van der Waals surface area contributed by atoms with Crippen LogP contribution < -0.4 is 4.74 Å². The molecule has 1 aromatic rings. The molecule has 0 aliphatic carbocycles. The summed E-state index contributed by atoms with van der Waals surface area (Å²) in [4.78, 5) is 0. The summed E-state index contributed by atoms with van der Waals surface area (Å²) >= 11 is 2.31. The summed E-state index contributed by atoms with van der Waals surface area (Å²) in [5, 5.41) is 0. The van der Waals surface area contributed by atoms with Crippen molar-refractivity contribution >= 4 is 22.6 Å². The molecule has 72 valence electrons. The molecule has 2 heteroatoms. The van der Waals surface area contributed by atoms with E-state index in [1.54, 1.807) is 0 Å². The molecular weight excluding hydrogens is 275 g/mol. The number of halogens is 1. The van der Waals surface area contributed by atoms with E-state index in [2.05, 4.69) is 55.5 Å². The summed E-state index contributed by atoms with van der Waals surface area (Å²) in [6.45, 7) is 7.19. The molecule has 0 spiro atoms. The van der Waals surface area contributed by atoms with Gasteiger partial charge in [0.2, 0.25) is 0 Å². The lowest BCUT2D eigenvalue weighted by Gasteiger charge is -2.10. The van der Waals surface area contributed by atoms with Crippen molar-refractivity contribution < 1.29 is 4.74 Å². The van der Waals surface area contributed by atoms with Crippen molar-refractivity contribution in [3.05, 3.63) is 27.3 Å². The minimum Gasteiger partial charge on any atom is -0.492 e. The Balaban J connectivity index is 2.67. The Hall–Kier alpha value is -0.250. The average Bonchev–Trinajstić information content (AvgIpc) is 2.02. The van der Waals surface area contributed by atoms with Crippen molar-refractivity contribution in [2.45, 2.75) is 20.8 Å². The van der Waals surface area contributed by atoms with Gasteiger partial charge in [0.05, 0.1) is 10.2 Å². The average molecular weight is 290 g/mol. The topological polar surface area (TPSA) is 9.23 Å². The maximum absolute atomic E-state index is 5.65. The van der Waals surface area contributed by atoms with E-state index < -0.39 is 0 Å². The molecule has 1 nitrogen and oxygen atoms in total. The van der Waals surface area contributed by atoms with Gasteiger partial charge in [-0.05, 0) is 53.1 Å². The van der Waals surface area contributed by atoms with E-state index in [9.17, 15) is 0 Å². The van der Waals surface area contributed by atoms with Gasteiger partial charge in [-0.3, -0.25) is 0 Å². The highest BCUT2D eigenvalue weighted by atomic mass is 127. The van der Waals surface area contributed by atoms with Crippen LogP contribution in [0.4, 0.5) is 0 Å². The lowest BCUT2D eigenvalue weighted by molar-refractivity contribution is 0.269. The van der Waals surface area contributed by atoms with E-state index in [1.165, 1.54) is 9.13 Å². The van der Waals surface area contributed by atoms with Crippen molar-refractivity contribution in [3.8, 4) is 5.75 Å². The van der Waals surface area contributed by atoms with E-state index in [0.29, 0.717) is 5.92 Å². The summed E-state index contributed by atoms with van der Waals surface area (Å²) in [5.74, 6) is 1.58. The zero-order valence-electron chi connectivity index (χ0n) is 8.30. The smallest absolute Gasteiger partial charge is 0.132 e. The van der Waals surface area contributed by atoms with E-state index >= 15 is 0 Å². The first kappa shape index (κ1) is 10.8. The largest absolute Gasteiger partial charge is 0.492 e. The third-order valence-electron chi connectivity index (χ3n) is 1.66. The van der Waals surface area contributed by atoms with E-state index in [4.69, 9.17) is 4.74 Å². The quantitative estimate of drug-likeness (QED) is 0.772. The first-order valence-electron chi connectivity index (χ1n) is 4.48. The van der Waals surface area contributed by atoms with Gasteiger partial charge in [-0.2, -0.15) is 0 Å². The Labute approximate surface area is 93.6 Å². The van der Waals surface area contributed by atoms with Gasteiger partial charge < -0.3 is 4.74 Å². The first-order chi connectivity index (χ1) is 6.09. The first-order valence-corrected chi connectivity index (χ1v) is 5.56. The zero-order chi connectivity index (χ0) is 9.84. The molecule has 13 heavy (non-hydrogen) atoms. The summed E-state index contributed by atoms with van der Waals surface area (Å²) in [5.41, 5.74) is 1.28. The second kappa shape index (κ2) is 4.84. The van der Waals surface area contributed by atoms with Crippen LogP contribution >= 0.6 is 22.6 Å². The standard InChI is InChI=1S/C11H15IO/c1-8(2)7-13-11-5-4-9(3)6-10(11)12/h4-6,8H,7H2,1-3H3. The molecule has 0 saturated carbocycles. The Morgan fingerprint density at radius 2 is 2.08 bits per heavy atom. The van der Waals surface area contributed by atoms with Gasteiger partial charge in [0.25, 0.3) is 0 Å². The molecule has 0 fully saturated rings. The van der Waals surface area contributed by atoms with E-state index in [-0.39, 0.29) is 0 Å². The third kappa shape index (κ3) is 3.55. The van der Waals surface area contributed by atoms with Gasteiger partial charge in [-0.1, -0.05) is 19.9 Å². The van der Waals surface area contributed by atoms with Crippen molar-refractivity contribution in [2.75, 3.05) is 6.61 Å². The second-order valence-corrected chi connectivity index (χ2v) is 4.80. The monoisotopic (exact) mass is 290 g/mol. The third-order valence-corrected chi connectivity index (χ3v) is 2.50. The van der Waals surface area contributed by atoms with Crippen molar-refractivity contribution in [1.29, 1.82) is 0 Å². The molecule has 0 saturated heterocycles. The molecule has 0 aliphatic heterocycles. The Bertz CT molecular complexity index is 281. The number of rotatable bonds is 3. The molecule has 0 N–H and O–H groups in total. The molecule has 0 unspecified atom stereocenters. The fourth-order valence-electron chi connectivity index (χ4n) is 0.979. The van der Waals surface area contributed by atoms with Gasteiger partial charge in [-0.25, -0.2) is 0 Å². The van der Waals surface area contributed by atoms with Crippen molar-refractivity contribution in [1.82, 2.24) is 0 Å². The highest BCUT2D eigenvalue weighted by molar-refractivity contribution is 14.1. The summed E-state index contributed by atoms with van der Waals surface area (Å²) in [7, 11) is 0. The number of ether oxygens (including phenoxy) is 1. The van der Waals surface area contributed by atoms with E-state index in [1.807, 2.05) is 6.07 Å². The van der Waals surface area contributed by atoms with Crippen LogP contribution in [0.1, 0.15) is 19.4 Å². The maximum Gasteiger partial charge on any atom is 0.132 e. The molecule has 0 atom stereocenters. The Morgan fingerprint density at radius 1 is 1.38 bits per heavy atom. The van der Waals surface area contributed by atoms with Crippen molar-refractivity contribution in [3.63, 3.8) is 0 Å². The maximum atomic E-state index is 5.65. The van der Waals surface area contributed by atoms with Gasteiger partial charge in [0.1, 0.15) is 5.75 Å². The van der Waals surface area contributed by atoms with Crippen molar-refractivity contribution in [2.24, 2.45) is 5.92 Å². The highest BCUT2D eigenvalue weighted by Crippen LogP contribution is 2.22. The number of hydrogen-bond donors (Lipinski definition) is 0. The minimum atomic E-state index is 0.581. The molecule has 0 aromatic heterocycles. The highest BCUT2D eigenvalue weighted by Gasteiger charge is 2.01. The van der Waals surface area contributed by atoms with Crippen LogP contribution in [-0.2, 0) is 0 Å². The van der Waals surface area contributed by atoms with Crippen LogP contribution in [0.15, 0.2) is 18.2 Å². The SMILES string of the molecule is Cc1ccc(OCC(C)C)c(I)c1. The van der Waals surface area contributed by atoms with E-state index in [0.717, 1.165) is 12.4 Å². The predicted octanol–water partition coefficient (Wildman–Crippen LogP) is 3.63. The fourth-order valence-corrected chi connectivity index (χ4v) is 1.81. The Morgan fingerprint density at radius 3 is 2.62 bits per heavy atom. The Kier molecular flexibility index (Phi) is 4.03. The van der Waals surface area contributed by atoms with Crippen LogP contribution in [0, 0.1) is 16.4 Å². The molecule has 0 heterocycles. The summed E-state index contributed by atoms with van der Waals surface area (Å²) in [6, 6.07) is 6.26. The summed E-state index contributed by atoms with van der Waals surface area (Å²) < 4.78 is 6.84. The van der Waals surface area contributed by atoms with Crippen LogP contribution in [0.25, 0.3) is 0 Å². The van der Waals surface area contributed by atoms with Gasteiger partial charge in [0.15, 0.2) is 0 Å². The molecule has 1 aromatic carbocycles.